The van der Waals surface area contributed by atoms with Crippen molar-refractivity contribution >= 4 is 0 Å². The minimum atomic E-state index is -0.623. The van der Waals surface area contributed by atoms with E-state index in [1.54, 1.807) is 0 Å². The highest BCUT2D eigenvalue weighted by molar-refractivity contribution is 4.99. The van der Waals surface area contributed by atoms with Crippen LogP contribution in [0.1, 0.15) is 47.0 Å². The zero-order chi connectivity index (χ0) is 18.3. The summed E-state index contributed by atoms with van der Waals surface area (Å²) in [5.74, 6) is -1.00. The van der Waals surface area contributed by atoms with Crippen molar-refractivity contribution < 1.29 is 29.2 Å². The van der Waals surface area contributed by atoms with E-state index in [-0.39, 0.29) is 35.9 Å². The van der Waals surface area contributed by atoms with Crippen molar-refractivity contribution in [3.8, 4) is 0 Å². The Morgan fingerprint density at radius 2 is 1.24 bits per heavy atom. The molecule has 2 unspecified atom stereocenters. The Morgan fingerprint density at radius 3 is 1.60 bits per heavy atom. The lowest BCUT2D eigenvalue weighted by Gasteiger charge is -2.57. The maximum Gasteiger partial charge on any atom is 0.171 e. The van der Waals surface area contributed by atoms with Gasteiger partial charge in [0, 0.05) is 35.5 Å². The van der Waals surface area contributed by atoms with E-state index in [9.17, 15) is 10.2 Å². The highest BCUT2D eigenvalue weighted by Crippen LogP contribution is 2.52. The first-order valence-electron chi connectivity index (χ1n) is 9.54. The average Bonchev–Trinajstić information content (AvgIpc) is 2.64. The molecular weight excluding hydrogens is 324 g/mol. The van der Waals surface area contributed by atoms with Gasteiger partial charge in [0.15, 0.2) is 11.6 Å². The topological polar surface area (TPSA) is 77.4 Å². The van der Waals surface area contributed by atoms with Crippen molar-refractivity contribution in [2.24, 2.45) is 22.7 Å². The Balaban J connectivity index is 1.69. The van der Waals surface area contributed by atoms with Crippen LogP contribution in [0.3, 0.4) is 0 Å². The van der Waals surface area contributed by atoms with Gasteiger partial charge in [-0.3, -0.25) is 0 Å². The third-order valence-corrected chi connectivity index (χ3v) is 6.73. The molecule has 2 aliphatic heterocycles. The van der Waals surface area contributed by atoms with Gasteiger partial charge in [-0.05, 0) is 6.42 Å². The Bertz CT molecular complexity index is 457. The molecule has 0 amide bonds. The molecule has 6 nitrogen and oxygen atoms in total. The van der Waals surface area contributed by atoms with Crippen molar-refractivity contribution in [3.05, 3.63) is 0 Å². The van der Waals surface area contributed by atoms with Crippen molar-refractivity contribution in [2.45, 2.75) is 58.5 Å². The van der Waals surface area contributed by atoms with Gasteiger partial charge in [-0.2, -0.15) is 0 Å². The quantitative estimate of drug-likeness (QED) is 0.803. The molecule has 2 N–H and O–H groups in total. The SMILES string of the molecule is CCC1(CO)COC2(CC(C)C3(CC2C)OCC(C)(CO)CO3)OC1. The normalized spacial score (nSPS) is 51.1. The van der Waals surface area contributed by atoms with Crippen LogP contribution in [0.5, 0.6) is 0 Å². The fraction of sp³-hybridized carbons (Fsp3) is 1.00. The third kappa shape index (κ3) is 3.26. The first-order valence-corrected chi connectivity index (χ1v) is 9.54. The van der Waals surface area contributed by atoms with Gasteiger partial charge in [-0.1, -0.05) is 27.7 Å². The second kappa shape index (κ2) is 6.73. The predicted molar refractivity (Wildman–Crippen MR) is 91.8 cm³/mol. The summed E-state index contributed by atoms with van der Waals surface area (Å²) < 4.78 is 24.9. The van der Waals surface area contributed by atoms with Gasteiger partial charge in [0.25, 0.3) is 0 Å². The number of aliphatic hydroxyl groups is 2. The fourth-order valence-corrected chi connectivity index (χ4v) is 4.18. The Labute approximate surface area is 150 Å². The first-order chi connectivity index (χ1) is 11.8. The van der Waals surface area contributed by atoms with Crippen molar-refractivity contribution in [1.29, 1.82) is 0 Å². The van der Waals surface area contributed by atoms with E-state index in [0.717, 1.165) is 6.42 Å². The molecule has 0 aromatic carbocycles. The molecule has 25 heavy (non-hydrogen) atoms. The molecule has 2 atom stereocenters. The molecule has 2 saturated heterocycles. The Morgan fingerprint density at radius 1 is 0.800 bits per heavy atom. The number of aliphatic hydroxyl groups excluding tert-OH is 2. The van der Waals surface area contributed by atoms with Crippen LogP contribution < -0.4 is 0 Å². The van der Waals surface area contributed by atoms with Gasteiger partial charge in [0.1, 0.15) is 0 Å². The van der Waals surface area contributed by atoms with Gasteiger partial charge in [-0.25, -0.2) is 0 Å². The number of rotatable bonds is 3. The monoisotopic (exact) mass is 358 g/mol. The summed E-state index contributed by atoms with van der Waals surface area (Å²) in [5, 5.41) is 19.2. The van der Waals surface area contributed by atoms with Gasteiger partial charge in [-0.15, -0.1) is 0 Å². The number of hydrogen-bond donors (Lipinski definition) is 2. The molecule has 3 rings (SSSR count). The highest BCUT2D eigenvalue weighted by Gasteiger charge is 2.59. The lowest BCUT2D eigenvalue weighted by Crippen LogP contribution is -2.64. The van der Waals surface area contributed by atoms with Crippen LogP contribution in [0.2, 0.25) is 0 Å². The van der Waals surface area contributed by atoms with Crippen molar-refractivity contribution in [1.82, 2.24) is 0 Å². The summed E-state index contributed by atoms with van der Waals surface area (Å²) in [6.45, 7) is 10.5. The Hall–Kier alpha value is -0.240. The van der Waals surface area contributed by atoms with Crippen LogP contribution >= 0.6 is 0 Å². The van der Waals surface area contributed by atoms with Crippen molar-refractivity contribution in [3.63, 3.8) is 0 Å². The zero-order valence-electron chi connectivity index (χ0n) is 16.0. The Kier molecular flexibility index (Phi) is 5.26. The number of ether oxygens (including phenoxy) is 4. The lowest BCUT2D eigenvalue weighted by atomic mass is 9.72. The van der Waals surface area contributed by atoms with E-state index in [0.29, 0.717) is 39.3 Å². The molecule has 0 bridgehead atoms. The molecule has 3 aliphatic rings. The molecule has 3 fully saturated rings. The van der Waals surface area contributed by atoms with Crippen LogP contribution in [0.25, 0.3) is 0 Å². The highest BCUT2D eigenvalue weighted by atomic mass is 16.7. The maximum absolute atomic E-state index is 9.70. The molecule has 0 radical (unpaired) electrons. The standard InChI is InChI=1S/C19H34O6/c1-5-17(9-21)12-24-19(25-13-17)7-14(2)18(6-15(19)3)22-10-16(4,8-20)11-23-18/h14-15,20-21H,5-13H2,1-4H3. The van der Waals surface area contributed by atoms with Gasteiger partial charge in [0.2, 0.25) is 0 Å². The maximum atomic E-state index is 9.70. The second-order valence-electron chi connectivity index (χ2n) is 8.97. The molecule has 1 saturated carbocycles. The summed E-state index contributed by atoms with van der Waals surface area (Å²) in [6, 6.07) is 0. The summed E-state index contributed by atoms with van der Waals surface area (Å²) in [5.41, 5.74) is -0.618. The fourth-order valence-electron chi connectivity index (χ4n) is 4.18. The third-order valence-electron chi connectivity index (χ3n) is 6.73. The van der Waals surface area contributed by atoms with Crippen LogP contribution in [0.15, 0.2) is 0 Å². The smallest absolute Gasteiger partial charge is 0.171 e. The molecule has 2 spiro atoms. The van der Waals surface area contributed by atoms with Gasteiger partial charge >= 0.3 is 0 Å². The van der Waals surface area contributed by atoms with Crippen molar-refractivity contribution in [2.75, 3.05) is 39.6 Å². The van der Waals surface area contributed by atoms with Crippen LogP contribution in [0, 0.1) is 22.7 Å². The van der Waals surface area contributed by atoms with Gasteiger partial charge in [0.05, 0.1) is 39.6 Å². The second-order valence-corrected chi connectivity index (χ2v) is 8.97. The molecule has 0 aromatic heterocycles. The molecule has 6 heteroatoms. The summed E-state index contributed by atoms with van der Waals surface area (Å²) >= 11 is 0. The van der Waals surface area contributed by atoms with Crippen LogP contribution in [-0.4, -0.2) is 61.4 Å². The summed E-state index contributed by atoms with van der Waals surface area (Å²) in [4.78, 5) is 0. The van der Waals surface area contributed by atoms with Crippen LogP contribution in [-0.2, 0) is 18.9 Å². The minimum Gasteiger partial charge on any atom is -0.396 e. The van der Waals surface area contributed by atoms with E-state index < -0.39 is 11.6 Å². The molecule has 146 valence electrons. The van der Waals surface area contributed by atoms with E-state index in [1.165, 1.54) is 0 Å². The van der Waals surface area contributed by atoms with E-state index in [2.05, 4.69) is 20.8 Å². The molecule has 1 aliphatic carbocycles. The number of hydrogen-bond acceptors (Lipinski definition) is 6. The minimum absolute atomic E-state index is 0.0590. The van der Waals surface area contributed by atoms with Crippen LogP contribution in [0.4, 0.5) is 0 Å². The average molecular weight is 358 g/mol. The lowest BCUT2D eigenvalue weighted by molar-refractivity contribution is -0.401. The van der Waals surface area contributed by atoms with E-state index in [4.69, 9.17) is 18.9 Å². The largest absolute Gasteiger partial charge is 0.396 e. The first kappa shape index (κ1) is 19.5. The summed E-state index contributed by atoms with van der Waals surface area (Å²) in [7, 11) is 0. The summed E-state index contributed by atoms with van der Waals surface area (Å²) in [6.07, 6.45) is 2.24. The van der Waals surface area contributed by atoms with E-state index >= 15 is 0 Å². The molecular formula is C19H34O6. The van der Waals surface area contributed by atoms with Gasteiger partial charge < -0.3 is 29.2 Å². The molecule has 0 aromatic rings. The van der Waals surface area contributed by atoms with E-state index in [1.807, 2.05) is 6.92 Å². The zero-order valence-corrected chi connectivity index (χ0v) is 16.0. The molecule has 2 heterocycles. The predicted octanol–water partition coefficient (Wildman–Crippen LogP) is 1.93.